The second kappa shape index (κ2) is 6.58. The number of hydrogen-bond donors (Lipinski definition) is 1. The van der Waals surface area contributed by atoms with Crippen molar-refractivity contribution in [2.45, 2.75) is 45.0 Å². The molecule has 1 unspecified atom stereocenters. The molecule has 1 atom stereocenters. The molecule has 0 aromatic rings. The largest absolute Gasteiger partial charge is 0.497 e. The van der Waals surface area contributed by atoms with Crippen LogP contribution in [0.3, 0.4) is 0 Å². The van der Waals surface area contributed by atoms with Crippen LogP contribution in [0.2, 0.25) is 0 Å². The van der Waals surface area contributed by atoms with Gasteiger partial charge in [0.05, 0.1) is 12.5 Å². The van der Waals surface area contributed by atoms with Gasteiger partial charge in [0.2, 0.25) is 6.43 Å². The summed E-state index contributed by atoms with van der Waals surface area (Å²) in [7, 11) is 1.63. The van der Waals surface area contributed by atoms with Crippen molar-refractivity contribution in [3.8, 4) is 0 Å². The van der Waals surface area contributed by atoms with Crippen LogP contribution >= 0.6 is 0 Å². The summed E-state index contributed by atoms with van der Waals surface area (Å²) in [5, 5.41) is 9.33. The van der Waals surface area contributed by atoms with E-state index in [2.05, 4.69) is 6.08 Å². The Hall–Kier alpha value is -1.39. The number of aliphatic carboxylic acids is 1. The minimum absolute atomic E-state index is 0.350. The van der Waals surface area contributed by atoms with E-state index in [-0.39, 0.29) is 0 Å². The maximum atomic E-state index is 12.7. The zero-order chi connectivity index (χ0) is 15.5. The minimum Gasteiger partial charge on any atom is -0.497 e. The molecule has 5 heteroatoms. The second-order valence-corrected chi connectivity index (χ2v) is 6.09. The summed E-state index contributed by atoms with van der Waals surface area (Å²) in [5.41, 5.74) is -1.23. The van der Waals surface area contributed by atoms with Gasteiger partial charge >= 0.3 is 5.97 Å². The number of rotatable bonds is 5. The average molecular weight is 300 g/mol. The van der Waals surface area contributed by atoms with Crippen LogP contribution in [-0.2, 0) is 9.53 Å². The molecule has 0 aromatic heterocycles. The van der Waals surface area contributed by atoms with Gasteiger partial charge in [-0.3, -0.25) is 4.79 Å². The fraction of sp³-hybridized carbons (Fsp3) is 0.688. The third kappa shape index (κ3) is 3.63. The van der Waals surface area contributed by atoms with E-state index >= 15 is 0 Å². The Morgan fingerprint density at radius 1 is 1.48 bits per heavy atom. The standard InChI is InChI=1S/C16H22F2O3/c1-21-13-4-2-11(3-5-13)12-6-8-16(9-7-12,15(19)20)10-14(17)18/h2,4-5,11-12,14H,3,6-10H2,1H3,(H,19,20). The fourth-order valence-electron chi connectivity index (χ4n) is 3.54. The Bertz CT molecular complexity index is 435. The van der Waals surface area contributed by atoms with Crippen molar-refractivity contribution >= 4 is 5.97 Å². The zero-order valence-electron chi connectivity index (χ0n) is 12.2. The van der Waals surface area contributed by atoms with Crippen molar-refractivity contribution in [1.82, 2.24) is 0 Å². The molecule has 0 aliphatic heterocycles. The number of ether oxygens (including phenoxy) is 1. The Kier molecular flexibility index (Phi) is 5.01. The Morgan fingerprint density at radius 3 is 2.57 bits per heavy atom. The monoisotopic (exact) mass is 300 g/mol. The molecule has 0 spiro atoms. The highest BCUT2D eigenvalue weighted by atomic mass is 19.3. The lowest BCUT2D eigenvalue weighted by Crippen LogP contribution is -2.38. The quantitative estimate of drug-likeness (QED) is 0.834. The lowest BCUT2D eigenvalue weighted by Gasteiger charge is -2.39. The summed E-state index contributed by atoms with van der Waals surface area (Å²) in [5.74, 6) is 0.518. The van der Waals surface area contributed by atoms with Crippen LogP contribution in [0.1, 0.15) is 38.5 Å². The summed E-state index contributed by atoms with van der Waals surface area (Å²) in [6.45, 7) is 0. The van der Waals surface area contributed by atoms with Gasteiger partial charge in [-0.1, -0.05) is 6.08 Å². The van der Waals surface area contributed by atoms with Gasteiger partial charge in [0.25, 0.3) is 0 Å². The maximum absolute atomic E-state index is 12.7. The number of carboxylic acid groups (broad SMARTS) is 1. The van der Waals surface area contributed by atoms with Crippen molar-refractivity contribution in [3.05, 3.63) is 24.0 Å². The van der Waals surface area contributed by atoms with Crippen LogP contribution in [0, 0.1) is 17.3 Å². The first-order valence-corrected chi connectivity index (χ1v) is 7.41. The smallest absolute Gasteiger partial charge is 0.309 e. The predicted molar refractivity (Wildman–Crippen MR) is 75.0 cm³/mol. The summed E-state index contributed by atoms with van der Waals surface area (Å²) < 4.78 is 30.5. The molecule has 21 heavy (non-hydrogen) atoms. The van der Waals surface area contributed by atoms with Crippen LogP contribution in [0.15, 0.2) is 24.0 Å². The highest BCUT2D eigenvalue weighted by Crippen LogP contribution is 2.46. The second-order valence-electron chi connectivity index (χ2n) is 6.09. The number of methoxy groups -OCH3 is 1. The molecule has 0 aromatic carbocycles. The fourth-order valence-corrected chi connectivity index (χ4v) is 3.54. The van der Waals surface area contributed by atoms with Crippen LogP contribution in [-0.4, -0.2) is 24.6 Å². The van der Waals surface area contributed by atoms with Crippen molar-refractivity contribution in [2.24, 2.45) is 17.3 Å². The van der Waals surface area contributed by atoms with Gasteiger partial charge in [0, 0.05) is 6.42 Å². The summed E-state index contributed by atoms with van der Waals surface area (Å²) >= 11 is 0. The molecular formula is C16H22F2O3. The maximum Gasteiger partial charge on any atom is 0.309 e. The molecular weight excluding hydrogens is 278 g/mol. The van der Waals surface area contributed by atoms with Gasteiger partial charge in [-0.25, -0.2) is 8.78 Å². The number of carbonyl (C=O) groups is 1. The summed E-state index contributed by atoms with van der Waals surface area (Å²) in [6.07, 6.45) is 5.96. The molecule has 0 amide bonds. The lowest BCUT2D eigenvalue weighted by atomic mass is 9.65. The van der Waals surface area contributed by atoms with Gasteiger partial charge in [-0.2, -0.15) is 0 Å². The van der Waals surface area contributed by atoms with Crippen molar-refractivity contribution in [1.29, 1.82) is 0 Å². The van der Waals surface area contributed by atoms with Crippen molar-refractivity contribution in [3.63, 3.8) is 0 Å². The van der Waals surface area contributed by atoms with Gasteiger partial charge in [-0.15, -0.1) is 0 Å². The summed E-state index contributed by atoms with van der Waals surface area (Å²) in [6, 6.07) is 0. The first-order valence-electron chi connectivity index (χ1n) is 7.41. The highest BCUT2D eigenvalue weighted by Gasteiger charge is 2.44. The van der Waals surface area contributed by atoms with Gasteiger partial charge in [-0.05, 0) is 56.1 Å². The lowest BCUT2D eigenvalue weighted by molar-refractivity contribution is -0.155. The molecule has 1 fully saturated rings. The predicted octanol–water partition coefficient (Wildman–Crippen LogP) is 4.01. The third-order valence-electron chi connectivity index (χ3n) is 4.93. The first kappa shape index (κ1) is 16.0. The molecule has 0 saturated heterocycles. The molecule has 0 heterocycles. The summed E-state index contributed by atoms with van der Waals surface area (Å²) in [4.78, 5) is 11.4. The Labute approximate surface area is 123 Å². The molecule has 2 aliphatic carbocycles. The zero-order valence-corrected chi connectivity index (χ0v) is 12.2. The van der Waals surface area contributed by atoms with Gasteiger partial charge < -0.3 is 9.84 Å². The van der Waals surface area contributed by atoms with E-state index in [0.29, 0.717) is 37.5 Å². The number of carboxylic acids is 1. The first-order chi connectivity index (χ1) is 9.97. The van der Waals surface area contributed by atoms with Gasteiger partial charge in [0.1, 0.15) is 5.76 Å². The Balaban J connectivity index is 1.95. The topological polar surface area (TPSA) is 46.5 Å². The van der Waals surface area contributed by atoms with E-state index in [1.807, 2.05) is 12.2 Å². The van der Waals surface area contributed by atoms with E-state index in [1.165, 1.54) is 0 Å². The average Bonchev–Trinajstić information content (AvgIpc) is 2.47. The van der Waals surface area contributed by atoms with Crippen LogP contribution in [0.25, 0.3) is 0 Å². The number of hydrogen-bond acceptors (Lipinski definition) is 2. The van der Waals surface area contributed by atoms with E-state index in [4.69, 9.17) is 4.74 Å². The molecule has 1 N–H and O–H groups in total. The van der Waals surface area contributed by atoms with Crippen molar-refractivity contribution in [2.75, 3.05) is 7.11 Å². The minimum atomic E-state index is -2.56. The molecule has 3 nitrogen and oxygen atoms in total. The van der Waals surface area contributed by atoms with Crippen LogP contribution in [0.4, 0.5) is 8.78 Å². The van der Waals surface area contributed by atoms with E-state index < -0.39 is 24.2 Å². The number of halogens is 2. The molecule has 1 saturated carbocycles. The molecule has 118 valence electrons. The normalized spacial score (nSPS) is 32.9. The van der Waals surface area contributed by atoms with Crippen molar-refractivity contribution < 1.29 is 23.4 Å². The molecule has 0 bridgehead atoms. The third-order valence-corrected chi connectivity index (χ3v) is 4.93. The molecule has 2 rings (SSSR count). The number of alkyl halides is 2. The van der Waals surface area contributed by atoms with E-state index in [9.17, 15) is 18.7 Å². The van der Waals surface area contributed by atoms with Gasteiger partial charge in [0.15, 0.2) is 0 Å². The van der Waals surface area contributed by atoms with Crippen LogP contribution < -0.4 is 0 Å². The van der Waals surface area contributed by atoms with E-state index in [0.717, 1.165) is 12.2 Å². The molecule has 2 aliphatic rings. The van der Waals surface area contributed by atoms with E-state index in [1.54, 1.807) is 7.11 Å². The number of allylic oxidation sites excluding steroid dienone is 3. The SMILES string of the molecule is COC1=CCC(C2CCC(CC(F)F)(C(=O)O)CC2)C=C1. The highest BCUT2D eigenvalue weighted by molar-refractivity contribution is 5.74. The molecule has 0 radical (unpaired) electrons. The van der Waals surface area contributed by atoms with Crippen LogP contribution in [0.5, 0.6) is 0 Å². The Morgan fingerprint density at radius 2 is 2.14 bits per heavy atom.